The fraction of sp³-hybridized carbons (Fsp3) is 0.100. The van der Waals surface area contributed by atoms with Crippen LogP contribution in [0.1, 0.15) is 5.56 Å². The number of rotatable bonds is 2. The first-order valence-corrected chi connectivity index (χ1v) is 3.76. The second kappa shape index (κ2) is 3.85. The van der Waals surface area contributed by atoms with Crippen LogP contribution in [0.25, 0.3) is 0 Å². The van der Waals surface area contributed by atoms with Gasteiger partial charge >= 0.3 is 0 Å². The fourth-order valence-electron chi connectivity index (χ4n) is 1.03. The van der Waals surface area contributed by atoms with Gasteiger partial charge in [-0.05, 0) is 24.3 Å². The van der Waals surface area contributed by atoms with Gasteiger partial charge < -0.3 is 5.11 Å². The van der Waals surface area contributed by atoms with Gasteiger partial charge in [0.25, 0.3) is 0 Å². The Kier molecular flexibility index (Phi) is 2.80. The summed E-state index contributed by atoms with van der Waals surface area (Å²) in [5, 5.41) is 9.12. The summed E-state index contributed by atoms with van der Waals surface area (Å²) in [7, 11) is 1.54. The highest BCUT2D eigenvalue weighted by Crippen LogP contribution is 2.07. The molecule has 0 saturated heterocycles. The first kappa shape index (κ1) is 9.45. The molecule has 3 heteroatoms. The highest BCUT2D eigenvalue weighted by Gasteiger charge is 2.04. The van der Waals surface area contributed by atoms with Crippen molar-refractivity contribution in [1.29, 1.82) is 0 Å². The molecule has 0 heterocycles. The van der Waals surface area contributed by atoms with Crippen molar-refractivity contribution < 1.29 is 9.50 Å². The van der Waals surface area contributed by atoms with E-state index in [0.29, 0.717) is 11.3 Å². The predicted octanol–water partition coefficient (Wildman–Crippen LogP) is 2.32. The Balaban J connectivity index is 3.07. The Labute approximate surface area is 76.1 Å². The van der Waals surface area contributed by atoms with E-state index in [-0.39, 0.29) is 11.6 Å². The van der Waals surface area contributed by atoms with Crippen LogP contribution in [0.4, 0.5) is 4.39 Å². The molecule has 1 aromatic rings. The maximum atomic E-state index is 12.5. The molecule has 1 N–H and O–H groups in total. The highest BCUT2D eigenvalue weighted by molar-refractivity contribution is 6.10. The smallest absolute Gasteiger partial charge is 0.134 e. The van der Waals surface area contributed by atoms with Gasteiger partial charge in [0.05, 0.1) is 0 Å². The summed E-state index contributed by atoms with van der Waals surface area (Å²) < 4.78 is 12.5. The molecule has 0 spiro atoms. The molecule has 0 aliphatic carbocycles. The van der Waals surface area contributed by atoms with Crippen LogP contribution in [-0.4, -0.2) is 17.9 Å². The Bertz CT molecular complexity index is 340. The third kappa shape index (κ3) is 2.15. The summed E-state index contributed by atoms with van der Waals surface area (Å²) in [6, 6.07) is 5.70. The lowest BCUT2D eigenvalue weighted by molar-refractivity contribution is 0.446. The number of allylic oxidation sites excluding steroid dienone is 1. The third-order valence-electron chi connectivity index (χ3n) is 1.61. The second-order valence-corrected chi connectivity index (χ2v) is 2.53. The minimum atomic E-state index is -0.317. The summed E-state index contributed by atoms with van der Waals surface area (Å²) in [5.41, 5.74) is 1.02. The van der Waals surface area contributed by atoms with Crippen molar-refractivity contribution >= 4 is 5.71 Å². The molecule has 0 atom stereocenters. The van der Waals surface area contributed by atoms with Gasteiger partial charge in [-0.25, -0.2) is 4.39 Å². The fourth-order valence-corrected chi connectivity index (χ4v) is 1.03. The first-order chi connectivity index (χ1) is 6.15. The van der Waals surface area contributed by atoms with Gasteiger partial charge in [0.2, 0.25) is 0 Å². The summed E-state index contributed by atoms with van der Waals surface area (Å²) in [6.45, 7) is 3.36. The monoisotopic (exact) mass is 179 g/mol. The first-order valence-electron chi connectivity index (χ1n) is 3.76. The van der Waals surface area contributed by atoms with Crippen molar-refractivity contribution in [1.82, 2.24) is 0 Å². The zero-order chi connectivity index (χ0) is 9.84. The summed E-state index contributed by atoms with van der Waals surface area (Å²) in [5.74, 6) is -0.433. The van der Waals surface area contributed by atoms with Crippen LogP contribution in [0, 0.1) is 5.82 Å². The average Bonchev–Trinajstić information content (AvgIpc) is 2.09. The number of benzene rings is 1. The van der Waals surface area contributed by atoms with Gasteiger partial charge in [-0.3, -0.25) is 4.99 Å². The van der Waals surface area contributed by atoms with E-state index in [1.807, 2.05) is 0 Å². The minimum absolute atomic E-state index is 0.117. The van der Waals surface area contributed by atoms with E-state index >= 15 is 0 Å². The Morgan fingerprint density at radius 2 is 1.92 bits per heavy atom. The van der Waals surface area contributed by atoms with Crippen molar-refractivity contribution in [2.75, 3.05) is 7.05 Å². The van der Waals surface area contributed by atoms with E-state index in [1.54, 1.807) is 19.2 Å². The van der Waals surface area contributed by atoms with Gasteiger partial charge in [-0.2, -0.15) is 0 Å². The van der Waals surface area contributed by atoms with E-state index in [9.17, 15) is 4.39 Å². The van der Waals surface area contributed by atoms with Gasteiger partial charge in [0, 0.05) is 12.6 Å². The zero-order valence-electron chi connectivity index (χ0n) is 7.29. The van der Waals surface area contributed by atoms with Crippen molar-refractivity contribution in [3.05, 3.63) is 48.0 Å². The van der Waals surface area contributed by atoms with E-state index in [1.165, 1.54) is 12.1 Å². The molecule has 0 fully saturated rings. The molecule has 0 unspecified atom stereocenters. The molecule has 0 saturated carbocycles. The molecule has 68 valence electrons. The quantitative estimate of drug-likeness (QED) is 0.548. The number of nitrogens with zero attached hydrogens (tertiary/aromatic N) is 1. The number of aliphatic imine (C=N–C) groups is 1. The molecule has 0 amide bonds. The largest absolute Gasteiger partial charge is 0.506 e. The van der Waals surface area contributed by atoms with Crippen LogP contribution in [0.2, 0.25) is 0 Å². The molecule has 1 rings (SSSR count). The molecule has 0 aliphatic heterocycles. The summed E-state index contributed by atoms with van der Waals surface area (Å²) >= 11 is 0. The van der Waals surface area contributed by atoms with Crippen LogP contribution in [0.5, 0.6) is 0 Å². The zero-order valence-corrected chi connectivity index (χ0v) is 7.29. The van der Waals surface area contributed by atoms with E-state index in [0.717, 1.165) is 0 Å². The molecule has 2 nitrogen and oxygen atoms in total. The minimum Gasteiger partial charge on any atom is -0.506 e. The SMILES string of the molecule is C=C(O)/C(=N\C)c1ccc(F)cc1. The lowest BCUT2D eigenvalue weighted by Gasteiger charge is -2.02. The summed E-state index contributed by atoms with van der Waals surface area (Å²) in [4.78, 5) is 3.83. The molecule has 0 aliphatic rings. The number of halogens is 1. The van der Waals surface area contributed by atoms with Crippen LogP contribution < -0.4 is 0 Å². The van der Waals surface area contributed by atoms with Gasteiger partial charge in [-0.1, -0.05) is 6.58 Å². The van der Waals surface area contributed by atoms with Crippen molar-refractivity contribution in [3.8, 4) is 0 Å². The molecule has 0 aromatic heterocycles. The predicted molar refractivity (Wildman–Crippen MR) is 50.6 cm³/mol. The Morgan fingerprint density at radius 1 is 1.38 bits per heavy atom. The standard InChI is InChI=1S/C10H10FNO/c1-7(13)10(12-2)8-3-5-9(11)6-4-8/h3-6,13H,1H2,2H3/b12-10+. The maximum Gasteiger partial charge on any atom is 0.134 e. The van der Waals surface area contributed by atoms with Crippen molar-refractivity contribution in [2.24, 2.45) is 4.99 Å². The van der Waals surface area contributed by atoms with Gasteiger partial charge in [-0.15, -0.1) is 0 Å². The second-order valence-electron chi connectivity index (χ2n) is 2.53. The number of hydrogen-bond acceptors (Lipinski definition) is 2. The lowest BCUT2D eigenvalue weighted by atomic mass is 10.1. The van der Waals surface area contributed by atoms with Crippen LogP contribution in [0.15, 0.2) is 41.6 Å². The van der Waals surface area contributed by atoms with Crippen LogP contribution >= 0.6 is 0 Å². The Morgan fingerprint density at radius 3 is 2.31 bits per heavy atom. The molecule has 0 radical (unpaired) electrons. The molecule has 0 bridgehead atoms. The van der Waals surface area contributed by atoms with E-state index in [4.69, 9.17) is 5.11 Å². The van der Waals surface area contributed by atoms with Gasteiger partial charge in [0.1, 0.15) is 17.3 Å². The third-order valence-corrected chi connectivity index (χ3v) is 1.61. The van der Waals surface area contributed by atoms with Crippen LogP contribution in [-0.2, 0) is 0 Å². The van der Waals surface area contributed by atoms with Gasteiger partial charge in [0.15, 0.2) is 0 Å². The number of aliphatic hydroxyl groups excluding tert-OH is 1. The normalized spacial score (nSPS) is 11.4. The molecular weight excluding hydrogens is 169 g/mol. The van der Waals surface area contributed by atoms with E-state index in [2.05, 4.69) is 11.6 Å². The molecular formula is C10H10FNO. The van der Waals surface area contributed by atoms with Crippen LogP contribution in [0.3, 0.4) is 0 Å². The van der Waals surface area contributed by atoms with Crippen molar-refractivity contribution in [2.45, 2.75) is 0 Å². The molecule has 1 aromatic carbocycles. The molecule has 13 heavy (non-hydrogen) atoms. The lowest BCUT2D eigenvalue weighted by Crippen LogP contribution is -2.03. The summed E-state index contributed by atoms with van der Waals surface area (Å²) in [6.07, 6.45) is 0. The number of aliphatic hydroxyl groups is 1. The number of hydrogen-bond donors (Lipinski definition) is 1. The topological polar surface area (TPSA) is 32.6 Å². The highest BCUT2D eigenvalue weighted by atomic mass is 19.1. The van der Waals surface area contributed by atoms with Crippen molar-refractivity contribution in [3.63, 3.8) is 0 Å². The Hall–Kier alpha value is -1.64. The van der Waals surface area contributed by atoms with E-state index < -0.39 is 0 Å². The average molecular weight is 179 g/mol. The maximum absolute atomic E-state index is 12.5.